The Bertz CT molecular complexity index is 629. The summed E-state index contributed by atoms with van der Waals surface area (Å²) in [7, 11) is 0. The van der Waals surface area contributed by atoms with Crippen LogP contribution >= 0.6 is 11.6 Å². The van der Waals surface area contributed by atoms with Crippen LogP contribution in [0.3, 0.4) is 0 Å². The van der Waals surface area contributed by atoms with Crippen molar-refractivity contribution in [2.45, 2.75) is 13.5 Å². The SMILES string of the molecule is CCNC(=O)c1ccc(NCc2ccc(F)cc2Cl)cc1. The van der Waals surface area contributed by atoms with E-state index < -0.39 is 0 Å². The van der Waals surface area contributed by atoms with Crippen molar-refractivity contribution in [3.63, 3.8) is 0 Å². The van der Waals surface area contributed by atoms with Crippen LogP contribution in [0.4, 0.5) is 10.1 Å². The molecule has 0 atom stereocenters. The van der Waals surface area contributed by atoms with Gasteiger partial charge in [-0.25, -0.2) is 4.39 Å². The summed E-state index contributed by atoms with van der Waals surface area (Å²) in [6, 6.07) is 11.5. The first-order valence-electron chi connectivity index (χ1n) is 6.66. The summed E-state index contributed by atoms with van der Waals surface area (Å²) in [5.74, 6) is -0.444. The third-order valence-corrected chi connectivity index (χ3v) is 3.33. The van der Waals surface area contributed by atoms with E-state index in [0.29, 0.717) is 23.7 Å². The second-order valence-electron chi connectivity index (χ2n) is 4.53. The average Bonchev–Trinajstić information content (AvgIpc) is 2.47. The van der Waals surface area contributed by atoms with Crippen LogP contribution in [0.15, 0.2) is 42.5 Å². The largest absolute Gasteiger partial charge is 0.381 e. The number of benzene rings is 2. The molecule has 2 aromatic rings. The lowest BCUT2D eigenvalue weighted by Gasteiger charge is -2.09. The van der Waals surface area contributed by atoms with Crippen molar-refractivity contribution in [3.05, 3.63) is 64.4 Å². The minimum Gasteiger partial charge on any atom is -0.381 e. The van der Waals surface area contributed by atoms with Gasteiger partial charge in [-0.2, -0.15) is 0 Å². The summed E-state index contributed by atoms with van der Waals surface area (Å²) >= 11 is 5.96. The predicted octanol–water partition coefficient (Wildman–Crippen LogP) is 3.84. The first kappa shape index (κ1) is 15.3. The highest BCUT2D eigenvalue weighted by molar-refractivity contribution is 6.31. The molecule has 0 radical (unpaired) electrons. The molecule has 0 spiro atoms. The van der Waals surface area contributed by atoms with E-state index in [0.717, 1.165) is 11.3 Å². The molecule has 0 aliphatic carbocycles. The Morgan fingerprint density at radius 1 is 1.19 bits per heavy atom. The van der Waals surface area contributed by atoms with Crippen molar-refractivity contribution in [2.24, 2.45) is 0 Å². The van der Waals surface area contributed by atoms with Gasteiger partial charge in [0.15, 0.2) is 0 Å². The van der Waals surface area contributed by atoms with Gasteiger partial charge in [0.1, 0.15) is 5.82 Å². The van der Waals surface area contributed by atoms with Crippen LogP contribution in [-0.2, 0) is 6.54 Å². The summed E-state index contributed by atoms with van der Waals surface area (Å²) in [4.78, 5) is 11.6. The molecule has 2 aromatic carbocycles. The molecule has 5 heteroatoms. The molecular weight excluding hydrogens is 291 g/mol. The minimum atomic E-state index is -0.352. The fourth-order valence-corrected chi connectivity index (χ4v) is 2.10. The highest BCUT2D eigenvalue weighted by atomic mass is 35.5. The van der Waals surface area contributed by atoms with Crippen LogP contribution < -0.4 is 10.6 Å². The molecule has 0 bridgehead atoms. The monoisotopic (exact) mass is 306 g/mol. The molecule has 0 heterocycles. The van der Waals surface area contributed by atoms with Crippen molar-refractivity contribution < 1.29 is 9.18 Å². The van der Waals surface area contributed by atoms with Crippen molar-refractivity contribution >= 4 is 23.2 Å². The normalized spacial score (nSPS) is 10.2. The first-order chi connectivity index (χ1) is 10.1. The van der Waals surface area contributed by atoms with Gasteiger partial charge in [0.25, 0.3) is 5.91 Å². The molecule has 0 aliphatic heterocycles. The Balaban J connectivity index is 1.99. The molecule has 1 amide bonds. The van der Waals surface area contributed by atoms with Crippen LogP contribution in [0.5, 0.6) is 0 Å². The molecule has 0 fully saturated rings. The third-order valence-electron chi connectivity index (χ3n) is 2.98. The van der Waals surface area contributed by atoms with Gasteiger partial charge in [0.2, 0.25) is 0 Å². The van der Waals surface area contributed by atoms with Gasteiger partial charge in [-0.3, -0.25) is 4.79 Å². The minimum absolute atomic E-state index is 0.0920. The molecule has 2 rings (SSSR count). The number of carbonyl (C=O) groups is 1. The number of hydrogen-bond donors (Lipinski definition) is 2. The number of amides is 1. The molecule has 2 N–H and O–H groups in total. The molecule has 3 nitrogen and oxygen atoms in total. The van der Waals surface area contributed by atoms with E-state index in [1.165, 1.54) is 12.1 Å². The van der Waals surface area contributed by atoms with Crippen LogP contribution in [0.1, 0.15) is 22.8 Å². The fourth-order valence-electron chi connectivity index (χ4n) is 1.86. The molecule has 21 heavy (non-hydrogen) atoms. The summed E-state index contributed by atoms with van der Waals surface area (Å²) in [5.41, 5.74) is 2.29. The molecule has 0 saturated heterocycles. The number of halogens is 2. The molecule has 0 saturated carbocycles. The zero-order valence-electron chi connectivity index (χ0n) is 11.6. The van der Waals surface area contributed by atoms with E-state index in [-0.39, 0.29) is 11.7 Å². The number of nitrogens with one attached hydrogen (secondary N) is 2. The second kappa shape index (κ2) is 7.09. The Hall–Kier alpha value is -2.07. The first-order valence-corrected chi connectivity index (χ1v) is 7.04. The maximum absolute atomic E-state index is 13.0. The highest BCUT2D eigenvalue weighted by Gasteiger charge is 2.04. The van der Waals surface area contributed by atoms with Crippen LogP contribution in [0.2, 0.25) is 5.02 Å². The topological polar surface area (TPSA) is 41.1 Å². The summed E-state index contributed by atoms with van der Waals surface area (Å²) in [6.07, 6.45) is 0. The zero-order chi connectivity index (χ0) is 15.2. The lowest BCUT2D eigenvalue weighted by molar-refractivity contribution is 0.0956. The molecule has 0 aromatic heterocycles. The van der Waals surface area contributed by atoms with Crippen LogP contribution in [0.25, 0.3) is 0 Å². The molecule has 110 valence electrons. The fraction of sp³-hybridized carbons (Fsp3) is 0.188. The molecular formula is C16H16ClFN2O. The van der Waals surface area contributed by atoms with Gasteiger partial charge in [0, 0.05) is 29.4 Å². The smallest absolute Gasteiger partial charge is 0.251 e. The van der Waals surface area contributed by atoms with E-state index in [4.69, 9.17) is 11.6 Å². The summed E-state index contributed by atoms with van der Waals surface area (Å²) < 4.78 is 13.0. The van der Waals surface area contributed by atoms with E-state index in [2.05, 4.69) is 10.6 Å². The molecule has 0 aliphatic rings. The third kappa shape index (κ3) is 4.20. The Labute approximate surface area is 128 Å². The molecule has 0 unspecified atom stereocenters. The lowest BCUT2D eigenvalue weighted by atomic mass is 10.1. The van der Waals surface area contributed by atoms with Crippen molar-refractivity contribution in [2.75, 3.05) is 11.9 Å². The van der Waals surface area contributed by atoms with Crippen LogP contribution in [-0.4, -0.2) is 12.5 Å². The maximum Gasteiger partial charge on any atom is 0.251 e. The standard InChI is InChI=1S/C16H16ClFN2O/c1-2-19-16(21)11-4-7-14(8-5-11)20-10-12-3-6-13(18)9-15(12)17/h3-9,20H,2,10H2,1H3,(H,19,21). The van der Waals surface area contributed by atoms with Gasteiger partial charge in [-0.15, -0.1) is 0 Å². The average molecular weight is 307 g/mol. The van der Waals surface area contributed by atoms with E-state index in [1.54, 1.807) is 18.2 Å². The highest BCUT2D eigenvalue weighted by Crippen LogP contribution is 2.19. The Morgan fingerprint density at radius 2 is 1.90 bits per heavy atom. The number of anilines is 1. The van der Waals surface area contributed by atoms with Gasteiger partial charge >= 0.3 is 0 Å². The Kier molecular flexibility index (Phi) is 5.17. The second-order valence-corrected chi connectivity index (χ2v) is 4.93. The number of carbonyl (C=O) groups excluding carboxylic acids is 1. The van der Waals surface area contributed by atoms with Crippen molar-refractivity contribution in [1.29, 1.82) is 0 Å². The van der Waals surface area contributed by atoms with E-state index in [9.17, 15) is 9.18 Å². The Morgan fingerprint density at radius 3 is 2.52 bits per heavy atom. The summed E-state index contributed by atoms with van der Waals surface area (Å²) in [5, 5.41) is 6.31. The van der Waals surface area contributed by atoms with Crippen molar-refractivity contribution in [1.82, 2.24) is 5.32 Å². The lowest BCUT2D eigenvalue weighted by Crippen LogP contribution is -2.22. The van der Waals surface area contributed by atoms with Crippen LogP contribution in [0, 0.1) is 5.82 Å². The quantitative estimate of drug-likeness (QED) is 0.881. The van der Waals surface area contributed by atoms with Gasteiger partial charge < -0.3 is 10.6 Å². The van der Waals surface area contributed by atoms with E-state index >= 15 is 0 Å². The van der Waals surface area contributed by atoms with E-state index in [1.807, 2.05) is 19.1 Å². The summed E-state index contributed by atoms with van der Waals surface area (Å²) in [6.45, 7) is 2.96. The predicted molar refractivity (Wildman–Crippen MR) is 83.2 cm³/mol. The van der Waals surface area contributed by atoms with Gasteiger partial charge in [-0.05, 0) is 48.9 Å². The van der Waals surface area contributed by atoms with Crippen molar-refractivity contribution in [3.8, 4) is 0 Å². The maximum atomic E-state index is 13.0. The number of rotatable bonds is 5. The van der Waals surface area contributed by atoms with Gasteiger partial charge in [0.05, 0.1) is 0 Å². The van der Waals surface area contributed by atoms with Gasteiger partial charge in [-0.1, -0.05) is 17.7 Å². The zero-order valence-corrected chi connectivity index (χ0v) is 12.4. The number of hydrogen-bond acceptors (Lipinski definition) is 2.